The second-order valence-electron chi connectivity index (χ2n) is 29.3. The Morgan fingerprint density at radius 3 is 1.85 bits per heavy atom. The van der Waals surface area contributed by atoms with E-state index in [2.05, 4.69) is 112 Å². The maximum atomic E-state index is 12.9. The minimum Gasteiger partial charge on any atom is -0.444 e. The van der Waals surface area contributed by atoms with Crippen LogP contribution in [0.15, 0.2) is 206 Å². The molecule has 7 aromatic carbocycles. The molecule has 2 fully saturated rings. The third-order valence-corrected chi connectivity index (χ3v) is 21.9. The quantitative estimate of drug-likeness (QED) is 0.0642. The molecule has 578 valence electrons. The minimum atomic E-state index is -3.61. The molecule has 111 heavy (non-hydrogen) atoms. The van der Waals surface area contributed by atoms with Crippen molar-refractivity contribution in [2.75, 3.05) is 110 Å². The van der Waals surface area contributed by atoms with Gasteiger partial charge in [-0.2, -0.15) is 0 Å². The lowest BCUT2D eigenvalue weighted by atomic mass is 10.00. The van der Waals surface area contributed by atoms with Crippen molar-refractivity contribution >= 4 is 108 Å². The fourth-order valence-corrected chi connectivity index (χ4v) is 15.9. The molecule has 2 aromatic heterocycles. The fraction of sp³-hybridized carbons (Fsp3) is 0.306. The van der Waals surface area contributed by atoms with Crippen molar-refractivity contribution in [2.45, 2.75) is 110 Å². The first kappa shape index (κ1) is 78.3. The Bertz CT molecular complexity index is 5040. The molecule has 10 N–H and O–H groups in total. The number of carbonyl (C=O) groups is 5. The van der Waals surface area contributed by atoms with Gasteiger partial charge in [0.1, 0.15) is 11.4 Å². The number of imidazole rings is 1. The molecule has 0 spiro atoms. The number of carbonyl (C=O) groups excluding carboxylic acids is 5. The number of hydrogen-bond donors (Lipinski definition) is 10. The van der Waals surface area contributed by atoms with Crippen LogP contribution in [0.4, 0.5) is 66.6 Å². The second kappa shape index (κ2) is 34.5. The molecule has 6 amide bonds. The number of sulfonamides is 1. The molecule has 0 aliphatic carbocycles. The van der Waals surface area contributed by atoms with Crippen LogP contribution >= 0.6 is 0 Å². The number of nitrogens with one attached hydrogen (secondary N) is 10. The number of amides is 6. The van der Waals surface area contributed by atoms with Crippen molar-refractivity contribution in [3.8, 4) is 0 Å². The van der Waals surface area contributed by atoms with Gasteiger partial charge in [-0.05, 0) is 172 Å². The molecule has 0 saturated carbocycles. The Morgan fingerprint density at radius 1 is 0.568 bits per heavy atom. The van der Waals surface area contributed by atoms with Gasteiger partial charge in [-0.3, -0.25) is 19.1 Å². The Labute approximate surface area is 648 Å². The summed E-state index contributed by atoms with van der Waals surface area (Å²) in [6.45, 7) is 25.8. The molecular formula is C85H98N16O9S. The van der Waals surface area contributed by atoms with Crippen molar-refractivity contribution in [1.82, 2.24) is 30.1 Å². The van der Waals surface area contributed by atoms with Crippen molar-refractivity contribution in [3.05, 3.63) is 256 Å². The zero-order valence-electron chi connectivity index (χ0n) is 62.5. The van der Waals surface area contributed by atoms with Crippen LogP contribution in [0.3, 0.4) is 0 Å². The van der Waals surface area contributed by atoms with E-state index in [1.54, 1.807) is 52.1 Å². The number of para-hydroxylation sites is 2. The number of benzene rings is 7. The monoisotopic (exact) mass is 1520 g/mol. The molecule has 8 aliphatic rings. The van der Waals surface area contributed by atoms with E-state index in [0.717, 1.165) is 164 Å². The largest absolute Gasteiger partial charge is 0.444 e. The number of fused-ring (bicyclic) bond motifs is 7. The van der Waals surface area contributed by atoms with Crippen LogP contribution in [-0.2, 0) is 58.2 Å². The van der Waals surface area contributed by atoms with Crippen LogP contribution in [0.5, 0.6) is 0 Å². The summed E-state index contributed by atoms with van der Waals surface area (Å²) < 4.78 is 33.3. The van der Waals surface area contributed by atoms with E-state index >= 15 is 0 Å². The number of hydrogen-bond acceptors (Lipinski definition) is 16. The average molecular weight is 1520 g/mol. The number of piperidine rings is 1. The molecule has 8 aliphatic heterocycles. The van der Waals surface area contributed by atoms with Gasteiger partial charge in [-0.1, -0.05) is 100.0 Å². The number of ether oxygens (including phenoxy) is 1. The highest BCUT2D eigenvalue weighted by atomic mass is 32.2. The minimum absolute atomic E-state index is 0. The molecular weight excluding hydrogens is 1420 g/mol. The number of pyridine rings is 1. The number of urea groups is 1. The lowest BCUT2D eigenvalue weighted by molar-refractivity contribution is -0.129. The van der Waals surface area contributed by atoms with Gasteiger partial charge in [0, 0.05) is 154 Å². The predicted octanol–water partition coefficient (Wildman–Crippen LogP) is 14.2. The van der Waals surface area contributed by atoms with Crippen LogP contribution in [-0.4, -0.2) is 133 Å². The molecule has 25 nitrogen and oxygen atoms in total. The van der Waals surface area contributed by atoms with Gasteiger partial charge in [-0.15, -0.1) is 0 Å². The number of likely N-dealkylation sites (tertiary alicyclic amines) is 1. The van der Waals surface area contributed by atoms with E-state index < -0.39 is 27.0 Å². The molecule has 17 rings (SSSR count). The Hall–Kier alpha value is -12.3. The normalized spacial score (nSPS) is 15.6. The molecule has 0 unspecified atom stereocenters. The fourth-order valence-electron chi connectivity index (χ4n) is 14.5. The highest BCUT2D eigenvalue weighted by molar-refractivity contribution is 7.93. The van der Waals surface area contributed by atoms with E-state index in [9.17, 15) is 37.2 Å². The number of piperazine rings is 1. The molecule has 10 heterocycles. The molecule has 0 atom stereocenters. The summed E-state index contributed by atoms with van der Waals surface area (Å²) in [5, 5.41) is 21.2. The van der Waals surface area contributed by atoms with Crippen molar-refractivity contribution in [3.63, 3.8) is 0 Å². The SMILES string of the molecule is C.C=C1Cc2cc(C(=O)N3CCCc4ccccc43)ccc2N1.C=C1Cc2cc(C(=O)N3CCCc4ccccc43)cnc2N1.C=C1Cc2ccc(NC(=O)NCc3ccccc3)cc2N1.CC(=O)N1CCN(c2ccc3c(c2)NCN3)CC1.CC(C)(C)OC(=O)N1CCC(S(=O)(=O)Nc2ccc3[nH]c(=O)[nH]c3c2)CC1. The van der Waals surface area contributed by atoms with Gasteiger partial charge in [0.05, 0.1) is 45.6 Å². The van der Waals surface area contributed by atoms with Crippen molar-refractivity contribution < 1.29 is 37.1 Å². The summed E-state index contributed by atoms with van der Waals surface area (Å²) in [4.78, 5) is 91.5. The average Bonchev–Trinajstić information content (AvgIpc) is 1.79. The topological polar surface area (TPSA) is 303 Å². The summed E-state index contributed by atoms with van der Waals surface area (Å²) in [7, 11) is -3.61. The number of allylic oxidation sites excluding steroid dienone is 3. The summed E-state index contributed by atoms with van der Waals surface area (Å²) in [5.74, 6) is 1.11. The van der Waals surface area contributed by atoms with Gasteiger partial charge < -0.3 is 76.4 Å². The molecule has 2 saturated heterocycles. The van der Waals surface area contributed by atoms with E-state index in [1.165, 1.54) is 38.7 Å². The number of aryl methyl sites for hydroxylation is 2. The van der Waals surface area contributed by atoms with Crippen LogP contribution in [0.25, 0.3) is 11.0 Å². The zero-order chi connectivity index (χ0) is 77.2. The number of H-pyrrole nitrogens is 2. The summed E-state index contributed by atoms with van der Waals surface area (Å²) >= 11 is 0. The Balaban J connectivity index is 0.000000129. The summed E-state index contributed by atoms with van der Waals surface area (Å²) in [6, 6.07) is 50.8. The highest BCUT2D eigenvalue weighted by Crippen LogP contribution is 2.36. The Kier molecular flexibility index (Phi) is 24.3. The van der Waals surface area contributed by atoms with Gasteiger partial charge in [0.15, 0.2) is 0 Å². The standard InChI is InChI=1S/C19H18N2O.C18H17N3O.C17H24N4O5S.C17H17N3O.C13H18N4O.CH4/c1-13-11-16-12-15(8-9-17(16)20-13)19(22)21-10-4-6-14-5-2-3-7-18(14)21;1-12-9-14-10-15(11-19-17(14)20-12)18(22)21-8-4-6-13-5-2-3-7-16(13)21;1-17(2,3)26-16(23)21-8-6-12(7-9-21)27(24,25)20-11-4-5-13-14(10-11)19-15(22)18-13;1-12-9-14-7-8-15(10-16(14)19-12)20-17(21)18-11-13-5-3-2-4-6-13;1-10(18)16-4-6-17(7-5-16)11-2-3-12-13(8-11)15-9-14-12;/h2-3,5,7-9,12,20H,1,4,6,10-11H2;2-3,5,7,10-11H,1,4,6,8-9H2,(H,19,20);4-5,10,12,20H,6-9H2,1-3H3,(H2,18,19,22);2-8,10,19H,1,9,11H2,(H2,18,20,21);2-3,8,14-15H,4-7,9H2,1H3;1H4. The summed E-state index contributed by atoms with van der Waals surface area (Å²) in [5.41, 5.74) is 20.4. The van der Waals surface area contributed by atoms with Crippen LogP contribution in [0.2, 0.25) is 0 Å². The summed E-state index contributed by atoms with van der Waals surface area (Å²) in [6.07, 6.45) is 8.38. The van der Waals surface area contributed by atoms with Crippen molar-refractivity contribution in [1.29, 1.82) is 0 Å². The lowest BCUT2D eigenvalue weighted by Crippen LogP contribution is -2.48. The van der Waals surface area contributed by atoms with Gasteiger partial charge >= 0.3 is 17.8 Å². The van der Waals surface area contributed by atoms with Gasteiger partial charge in [0.25, 0.3) is 11.8 Å². The van der Waals surface area contributed by atoms with Crippen LogP contribution in [0.1, 0.15) is 115 Å². The molecule has 9 aromatic rings. The molecule has 26 heteroatoms. The third kappa shape index (κ3) is 19.6. The smallest absolute Gasteiger partial charge is 0.410 e. The zero-order valence-corrected chi connectivity index (χ0v) is 63.3. The van der Waals surface area contributed by atoms with Crippen LogP contribution < -0.4 is 62.3 Å². The Morgan fingerprint density at radius 2 is 1.16 bits per heavy atom. The van der Waals surface area contributed by atoms with E-state index in [-0.39, 0.29) is 36.9 Å². The number of aromatic nitrogens is 3. The number of nitrogens with zero attached hydrogens (tertiary/aromatic N) is 6. The first-order chi connectivity index (χ1) is 52.9. The maximum Gasteiger partial charge on any atom is 0.410 e. The maximum absolute atomic E-state index is 12.9. The highest BCUT2D eigenvalue weighted by Gasteiger charge is 2.34. The first-order valence-electron chi connectivity index (χ1n) is 37.2. The van der Waals surface area contributed by atoms with Gasteiger partial charge in [0.2, 0.25) is 15.9 Å². The molecule has 0 radical (unpaired) electrons. The molecule has 0 bridgehead atoms. The van der Waals surface area contributed by atoms with Crippen molar-refractivity contribution in [2.24, 2.45) is 0 Å². The first-order valence-corrected chi connectivity index (χ1v) is 38.8. The number of anilines is 10. The number of aromatic amines is 2. The van der Waals surface area contributed by atoms with E-state index in [1.807, 2.05) is 124 Å². The van der Waals surface area contributed by atoms with Gasteiger partial charge in [-0.25, -0.2) is 27.8 Å². The second-order valence-corrected chi connectivity index (χ2v) is 31.2. The third-order valence-electron chi connectivity index (χ3n) is 20.0. The number of rotatable bonds is 9. The lowest BCUT2D eigenvalue weighted by Gasteiger charge is -2.35. The van der Waals surface area contributed by atoms with Crippen LogP contribution in [0, 0.1) is 0 Å². The van der Waals surface area contributed by atoms with E-state index in [0.29, 0.717) is 54.8 Å². The van der Waals surface area contributed by atoms with E-state index in [4.69, 9.17) is 4.74 Å². The predicted molar refractivity (Wildman–Crippen MR) is 444 cm³/mol.